The molecule has 1 N–H and O–H groups in total. The number of carbonyl (C=O) groups is 3. The monoisotopic (exact) mass is 189 g/mol. The molecule has 0 rings (SSSR count). The van der Waals surface area contributed by atoms with Crippen LogP contribution in [-0.4, -0.2) is 29.4 Å². The smallest absolute Gasteiger partial charge is 0.313 e. The van der Waals surface area contributed by atoms with Crippen LogP contribution in [0.3, 0.4) is 0 Å². The van der Waals surface area contributed by atoms with Crippen LogP contribution in [0.5, 0.6) is 0 Å². The average Bonchev–Trinajstić information content (AvgIpc) is 2.01. The Morgan fingerprint density at radius 2 is 1.85 bits per heavy atom. The first-order valence-electron chi connectivity index (χ1n) is 3.95. The summed E-state index contributed by atoms with van der Waals surface area (Å²) in [4.78, 5) is 31.6. The third-order valence-corrected chi connectivity index (χ3v) is 1.26. The van der Waals surface area contributed by atoms with E-state index < -0.39 is 17.7 Å². The predicted molar refractivity (Wildman–Crippen MR) is 43.1 cm³/mol. The minimum Gasteiger partial charge on any atom is -0.481 e. The number of esters is 1. The quantitative estimate of drug-likeness (QED) is 0.371. The molecule has 0 aromatic rings. The van der Waals surface area contributed by atoms with Crippen molar-refractivity contribution in [3.63, 3.8) is 0 Å². The summed E-state index contributed by atoms with van der Waals surface area (Å²) in [6.07, 6.45) is -0.687. The molecule has 0 saturated heterocycles. The molecule has 13 heavy (non-hydrogen) atoms. The van der Waals surface area contributed by atoms with Crippen LogP contribution >= 0.6 is 0 Å². The maximum Gasteiger partial charge on any atom is 0.313 e. The lowest BCUT2D eigenvalue weighted by Crippen LogP contribution is -2.12. The van der Waals surface area contributed by atoms with Crippen molar-refractivity contribution < 1.29 is 24.2 Å². The van der Waals surface area contributed by atoms with E-state index in [1.807, 2.05) is 0 Å². The summed E-state index contributed by atoms with van der Waals surface area (Å²) in [5, 5.41) is 8.23. The molecular weight excluding hydrogens is 177 g/mol. The number of aliphatic carboxylic acids is 1. The van der Waals surface area contributed by atoms with Gasteiger partial charge in [0.05, 0.1) is 13.0 Å². The first-order valence-corrected chi connectivity index (χ1v) is 3.95. The van der Waals surface area contributed by atoms with E-state index in [1.165, 1.54) is 0 Å². The highest BCUT2D eigenvalue weighted by Crippen LogP contribution is 1.97. The summed E-state index contributed by atoms with van der Waals surface area (Å²) in [6.45, 7) is 1.87. The van der Waals surface area contributed by atoms with Gasteiger partial charge in [0.15, 0.2) is 0 Å². The highest BCUT2D eigenvalue weighted by Gasteiger charge is 2.11. The van der Waals surface area contributed by atoms with E-state index in [9.17, 15) is 14.4 Å². The summed E-state index contributed by atoms with van der Waals surface area (Å²) in [5.41, 5.74) is 0. The Bertz CT molecular complexity index is 209. The van der Waals surface area contributed by atoms with Crippen LogP contribution < -0.4 is 0 Å². The Morgan fingerprint density at radius 1 is 1.23 bits per heavy atom. The molecule has 0 radical (unpaired) electrons. The summed E-state index contributed by atoms with van der Waals surface area (Å²) in [7, 11) is 0. The van der Waals surface area contributed by atoms with Crippen molar-refractivity contribution in [3.05, 3.63) is 0 Å². The highest BCUT2D eigenvalue weighted by atomic mass is 16.5. The van der Waals surface area contributed by atoms with Crippen LogP contribution in [0.25, 0.3) is 0 Å². The second kappa shape index (κ2) is 6.16. The molecule has 0 heterocycles. The molecule has 0 unspecified atom stereocenters. The van der Waals surface area contributed by atoms with Crippen molar-refractivity contribution in [2.24, 2.45) is 0 Å². The van der Waals surface area contributed by atoms with Crippen molar-refractivity contribution in [2.75, 3.05) is 6.61 Å². The number of hydrogen-bond donors (Lipinski definition) is 1. The van der Waals surface area contributed by atoms with Crippen LogP contribution in [0.1, 0.15) is 26.2 Å². The Labute approximate surface area is 75.7 Å². The van der Waals surface area contributed by atoms with E-state index >= 15 is 0 Å². The van der Waals surface area contributed by atoms with Gasteiger partial charge in [-0.15, -0.1) is 0 Å². The lowest BCUT2D eigenvalue weighted by atomic mass is 10.3. The lowest BCUT2D eigenvalue weighted by molar-refractivity contribution is -0.146. The first-order chi connectivity index (χ1) is 6.06. The summed E-state index contributed by atoms with van der Waals surface area (Å²) >= 11 is 0. The number of Topliss-reactive ketones (excluding diaryl/α,β-unsaturated/α-hetero) is 1. The molecule has 0 fully saturated rings. The van der Waals surface area contributed by atoms with Crippen LogP contribution in [0.4, 0.5) is 0 Å². The Morgan fingerprint density at radius 3 is 2.31 bits per heavy atom. The van der Waals surface area contributed by atoms with Gasteiger partial charge in [-0.1, -0.05) is 0 Å². The van der Waals surface area contributed by atoms with Crippen molar-refractivity contribution in [3.8, 4) is 0 Å². The van der Waals surface area contributed by atoms with Gasteiger partial charge in [-0.05, 0) is 6.92 Å². The molecule has 0 aliphatic carbocycles. The molecule has 0 aliphatic rings. The maximum absolute atomic E-state index is 10.9. The number of ether oxygens (including phenoxy) is 1. The van der Waals surface area contributed by atoms with E-state index in [4.69, 9.17) is 5.11 Å². The Balaban J connectivity index is 3.62. The van der Waals surface area contributed by atoms with Crippen LogP contribution in [0, 0.1) is 0 Å². The fourth-order valence-corrected chi connectivity index (χ4v) is 0.708. The second-order valence-corrected chi connectivity index (χ2v) is 2.41. The summed E-state index contributed by atoms with van der Waals surface area (Å²) in [6, 6.07) is 0. The Kier molecular flexibility index (Phi) is 5.50. The Hall–Kier alpha value is -1.39. The molecule has 0 bridgehead atoms. The minimum absolute atomic E-state index is 0.117. The fraction of sp³-hybridized carbons (Fsp3) is 0.625. The average molecular weight is 189 g/mol. The van der Waals surface area contributed by atoms with Gasteiger partial charge < -0.3 is 9.84 Å². The molecule has 0 aliphatic heterocycles. The zero-order valence-corrected chi connectivity index (χ0v) is 7.41. The summed E-state index contributed by atoms with van der Waals surface area (Å²) < 4.78 is 4.51. The molecule has 0 atom stereocenters. The van der Waals surface area contributed by atoms with Gasteiger partial charge in [0.1, 0.15) is 12.2 Å². The third kappa shape index (κ3) is 6.99. The number of rotatable bonds is 6. The van der Waals surface area contributed by atoms with E-state index in [1.54, 1.807) is 6.92 Å². The van der Waals surface area contributed by atoms with Gasteiger partial charge >= 0.3 is 11.9 Å². The van der Waals surface area contributed by atoms with E-state index in [0.29, 0.717) is 0 Å². The maximum atomic E-state index is 10.9. The highest BCUT2D eigenvalue weighted by molar-refractivity contribution is 5.96. The summed E-state index contributed by atoms with van der Waals surface area (Å²) in [5.74, 6) is -2.05. The largest absolute Gasteiger partial charge is 0.481 e. The standard InChI is InChI=1S/C8H12O5/c1-2-13-8(12)5-6(9)3-4-7(10)11/h2-5H2,1H3,(H,10,11)/i3+1. The van der Waals surface area contributed by atoms with Crippen molar-refractivity contribution in [1.29, 1.82) is 0 Å². The van der Waals surface area contributed by atoms with Crippen molar-refractivity contribution >= 4 is 17.7 Å². The van der Waals surface area contributed by atoms with Crippen LogP contribution in [0.15, 0.2) is 0 Å². The second-order valence-electron chi connectivity index (χ2n) is 2.41. The van der Waals surface area contributed by atoms with E-state index in [0.717, 1.165) is 0 Å². The van der Waals surface area contributed by atoms with Crippen molar-refractivity contribution in [1.82, 2.24) is 0 Å². The van der Waals surface area contributed by atoms with Gasteiger partial charge in [0, 0.05) is 6.42 Å². The van der Waals surface area contributed by atoms with E-state index in [2.05, 4.69) is 4.74 Å². The fourth-order valence-electron chi connectivity index (χ4n) is 0.708. The van der Waals surface area contributed by atoms with E-state index in [-0.39, 0.29) is 25.9 Å². The van der Waals surface area contributed by atoms with Gasteiger partial charge in [-0.3, -0.25) is 14.4 Å². The molecule has 5 heteroatoms. The number of carboxylic acid groups (broad SMARTS) is 1. The predicted octanol–water partition coefficient (Wildman–Crippen LogP) is 0.374. The SMILES string of the molecule is CCOC(=O)CC(=O)[13CH2]CC(=O)O. The molecule has 0 saturated carbocycles. The molecule has 0 aromatic heterocycles. The van der Waals surface area contributed by atoms with Crippen LogP contribution in [-0.2, 0) is 19.1 Å². The number of ketones is 1. The normalized spacial score (nSPS) is 9.31. The van der Waals surface area contributed by atoms with Crippen LogP contribution in [0.2, 0.25) is 0 Å². The van der Waals surface area contributed by atoms with Gasteiger partial charge in [-0.25, -0.2) is 0 Å². The first kappa shape index (κ1) is 11.6. The van der Waals surface area contributed by atoms with Gasteiger partial charge in [-0.2, -0.15) is 0 Å². The molecular formula is C8H12O5. The number of carboxylic acids is 1. The van der Waals surface area contributed by atoms with Crippen molar-refractivity contribution in [2.45, 2.75) is 26.2 Å². The topological polar surface area (TPSA) is 80.7 Å². The minimum atomic E-state index is -1.04. The molecule has 0 aromatic carbocycles. The lowest BCUT2D eigenvalue weighted by Gasteiger charge is -1.99. The number of carbonyl (C=O) groups excluding carboxylic acids is 2. The molecule has 0 amide bonds. The van der Waals surface area contributed by atoms with Gasteiger partial charge in [0.25, 0.3) is 0 Å². The zero-order chi connectivity index (χ0) is 10.3. The number of hydrogen-bond acceptors (Lipinski definition) is 4. The zero-order valence-electron chi connectivity index (χ0n) is 7.41. The third-order valence-electron chi connectivity index (χ3n) is 1.26. The molecule has 0 spiro atoms. The van der Waals surface area contributed by atoms with Gasteiger partial charge in [0.2, 0.25) is 0 Å². The molecule has 5 nitrogen and oxygen atoms in total. The molecule has 74 valence electrons.